The molecular formula is C15H25N3O. The van der Waals surface area contributed by atoms with Crippen LogP contribution in [0.3, 0.4) is 0 Å². The Morgan fingerprint density at radius 3 is 2.58 bits per heavy atom. The number of likely N-dealkylation sites (N-methyl/N-ethyl adjacent to an activating group) is 1. The van der Waals surface area contributed by atoms with Crippen molar-refractivity contribution in [1.29, 1.82) is 0 Å². The molecule has 0 saturated heterocycles. The average Bonchev–Trinajstić information content (AvgIpc) is 2.80. The average molecular weight is 263 g/mol. The van der Waals surface area contributed by atoms with Gasteiger partial charge in [0.1, 0.15) is 6.04 Å². The van der Waals surface area contributed by atoms with Gasteiger partial charge in [0.25, 0.3) is 0 Å². The second-order valence-corrected chi connectivity index (χ2v) is 5.92. The van der Waals surface area contributed by atoms with Crippen LogP contribution in [0.25, 0.3) is 0 Å². The molecule has 4 nitrogen and oxygen atoms in total. The Morgan fingerprint density at radius 2 is 2.00 bits per heavy atom. The maximum atomic E-state index is 12.0. The molecule has 1 amide bonds. The van der Waals surface area contributed by atoms with Gasteiger partial charge in [-0.25, -0.2) is 0 Å². The first-order chi connectivity index (χ1) is 9.00. The summed E-state index contributed by atoms with van der Waals surface area (Å²) in [5, 5.41) is 4.71. The lowest BCUT2D eigenvalue weighted by Gasteiger charge is -2.20. The summed E-state index contributed by atoms with van der Waals surface area (Å²) in [6.45, 7) is 4.03. The van der Waals surface area contributed by atoms with E-state index in [1.807, 2.05) is 17.8 Å². The minimum absolute atomic E-state index is 0.0951. The van der Waals surface area contributed by atoms with Gasteiger partial charge in [-0.05, 0) is 32.3 Å². The van der Waals surface area contributed by atoms with Crippen molar-refractivity contribution in [2.75, 3.05) is 14.1 Å². The molecule has 4 heteroatoms. The fourth-order valence-corrected chi connectivity index (χ4v) is 2.96. The van der Waals surface area contributed by atoms with Crippen molar-refractivity contribution in [1.82, 2.24) is 14.7 Å². The molecule has 19 heavy (non-hydrogen) atoms. The van der Waals surface area contributed by atoms with Gasteiger partial charge in [-0.1, -0.05) is 19.3 Å². The van der Waals surface area contributed by atoms with Gasteiger partial charge >= 0.3 is 0 Å². The molecule has 0 aliphatic heterocycles. The van der Waals surface area contributed by atoms with Crippen LogP contribution in [-0.2, 0) is 4.79 Å². The molecule has 0 bridgehead atoms. The Bertz CT molecular complexity index is 444. The van der Waals surface area contributed by atoms with Crippen LogP contribution >= 0.6 is 0 Å². The Kier molecular flexibility index (Phi) is 4.27. The summed E-state index contributed by atoms with van der Waals surface area (Å²) in [7, 11) is 3.58. The number of aromatic nitrogens is 2. The highest BCUT2D eigenvalue weighted by molar-refractivity contribution is 5.79. The first-order valence-corrected chi connectivity index (χ1v) is 7.27. The highest BCUT2D eigenvalue weighted by Gasteiger charge is 2.23. The molecule has 0 spiro atoms. The lowest BCUT2D eigenvalue weighted by molar-refractivity contribution is -0.131. The molecule has 2 rings (SSSR count). The monoisotopic (exact) mass is 263 g/mol. The molecule has 106 valence electrons. The molecule has 1 aromatic rings. The van der Waals surface area contributed by atoms with Crippen molar-refractivity contribution < 1.29 is 4.79 Å². The lowest BCUT2D eigenvalue weighted by Crippen LogP contribution is -2.30. The minimum atomic E-state index is -0.217. The van der Waals surface area contributed by atoms with Gasteiger partial charge in [0.15, 0.2) is 0 Å². The maximum absolute atomic E-state index is 12.0. The van der Waals surface area contributed by atoms with Gasteiger partial charge in [-0.15, -0.1) is 0 Å². The van der Waals surface area contributed by atoms with Crippen LogP contribution in [0.1, 0.15) is 62.2 Å². The quantitative estimate of drug-likeness (QED) is 0.841. The summed E-state index contributed by atoms with van der Waals surface area (Å²) < 4.78 is 1.83. The Labute approximate surface area is 115 Å². The number of carbonyl (C=O) groups excluding carboxylic acids is 1. The lowest BCUT2D eigenvalue weighted by atomic mass is 9.86. The van der Waals surface area contributed by atoms with E-state index < -0.39 is 0 Å². The molecule has 1 aliphatic carbocycles. The molecule has 1 heterocycles. The number of nitrogens with zero attached hydrogens (tertiary/aromatic N) is 3. The van der Waals surface area contributed by atoms with Crippen LogP contribution in [0, 0.1) is 6.92 Å². The van der Waals surface area contributed by atoms with E-state index in [0.717, 1.165) is 0 Å². The van der Waals surface area contributed by atoms with Gasteiger partial charge < -0.3 is 4.90 Å². The van der Waals surface area contributed by atoms with Crippen LogP contribution in [0.15, 0.2) is 6.20 Å². The summed E-state index contributed by atoms with van der Waals surface area (Å²) >= 11 is 0. The van der Waals surface area contributed by atoms with E-state index in [1.54, 1.807) is 19.0 Å². The molecule has 1 saturated carbocycles. The number of carbonyl (C=O) groups is 1. The third-order valence-electron chi connectivity index (χ3n) is 4.14. The van der Waals surface area contributed by atoms with Crippen molar-refractivity contribution in [3.63, 3.8) is 0 Å². The third-order valence-corrected chi connectivity index (χ3v) is 4.14. The number of hydrogen-bond acceptors (Lipinski definition) is 2. The third kappa shape index (κ3) is 2.99. The van der Waals surface area contributed by atoms with Crippen LogP contribution in [0.5, 0.6) is 0 Å². The van der Waals surface area contributed by atoms with E-state index in [0.29, 0.717) is 5.92 Å². The molecule has 1 aliphatic rings. The number of hydrogen-bond donors (Lipinski definition) is 0. The molecule has 0 aromatic carbocycles. The fraction of sp³-hybridized carbons (Fsp3) is 0.733. The predicted octanol–water partition coefficient (Wildman–Crippen LogP) is 2.89. The van der Waals surface area contributed by atoms with Crippen molar-refractivity contribution >= 4 is 5.91 Å². The largest absolute Gasteiger partial charge is 0.347 e. The van der Waals surface area contributed by atoms with Crippen LogP contribution in [-0.4, -0.2) is 34.7 Å². The molecule has 1 atom stereocenters. The normalized spacial score (nSPS) is 18.3. The van der Waals surface area contributed by atoms with E-state index in [1.165, 1.54) is 43.4 Å². The van der Waals surface area contributed by atoms with E-state index in [9.17, 15) is 4.79 Å². The summed E-state index contributed by atoms with van der Waals surface area (Å²) in [6, 6.07) is -0.217. The van der Waals surface area contributed by atoms with Crippen molar-refractivity contribution in [2.24, 2.45) is 0 Å². The first kappa shape index (κ1) is 14.1. The summed E-state index contributed by atoms with van der Waals surface area (Å²) in [5.74, 6) is 0.689. The molecule has 1 fully saturated rings. The van der Waals surface area contributed by atoms with E-state index in [-0.39, 0.29) is 11.9 Å². The van der Waals surface area contributed by atoms with Crippen molar-refractivity contribution in [3.8, 4) is 0 Å². The minimum Gasteiger partial charge on any atom is -0.347 e. The topological polar surface area (TPSA) is 38.1 Å². The zero-order chi connectivity index (χ0) is 14.0. The van der Waals surface area contributed by atoms with Gasteiger partial charge in [0.2, 0.25) is 5.91 Å². The number of rotatable bonds is 3. The van der Waals surface area contributed by atoms with Crippen LogP contribution in [0.2, 0.25) is 0 Å². The summed E-state index contributed by atoms with van der Waals surface area (Å²) in [4.78, 5) is 13.6. The van der Waals surface area contributed by atoms with E-state index >= 15 is 0 Å². The van der Waals surface area contributed by atoms with Gasteiger partial charge in [-0.3, -0.25) is 9.48 Å². The number of amides is 1. The van der Waals surface area contributed by atoms with Gasteiger partial charge in [0, 0.05) is 26.2 Å². The second kappa shape index (κ2) is 5.76. The Morgan fingerprint density at radius 1 is 1.37 bits per heavy atom. The van der Waals surface area contributed by atoms with E-state index in [2.05, 4.69) is 6.92 Å². The number of aryl methyl sites for hydroxylation is 1. The van der Waals surface area contributed by atoms with Crippen LogP contribution < -0.4 is 0 Å². The highest BCUT2D eigenvalue weighted by Crippen LogP contribution is 2.33. The van der Waals surface area contributed by atoms with Crippen molar-refractivity contribution in [2.45, 2.75) is 57.9 Å². The maximum Gasteiger partial charge on any atom is 0.246 e. The smallest absolute Gasteiger partial charge is 0.246 e. The first-order valence-electron chi connectivity index (χ1n) is 7.27. The second-order valence-electron chi connectivity index (χ2n) is 5.92. The molecular weight excluding hydrogens is 238 g/mol. The fourth-order valence-electron chi connectivity index (χ4n) is 2.96. The zero-order valence-corrected chi connectivity index (χ0v) is 12.5. The molecule has 0 N–H and O–H groups in total. The van der Waals surface area contributed by atoms with Crippen LogP contribution in [0.4, 0.5) is 0 Å². The standard InChI is InChI=1S/C15H25N3O/c1-11-10-18(12(2)15(19)17(3)4)16-14(11)13-8-6-5-7-9-13/h10,12-13H,5-9H2,1-4H3. The Balaban J connectivity index is 2.18. The molecule has 0 radical (unpaired) electrons. The predicted molar refractivity (Wildman–Crippen MR) is 76.2 cm³/mol. The Hall–Kier alpha value is -1.32. The molecule has 1 aromatic heterocycles. The highest BCUT2D eigenvalue weighted by atomic mass is 16.2. The van der Waals surface area contributed by atoms with Gasteiger partial charge in [0.05, 0.1) is 5.69 Å². The summed E-state index contributed by atoms with van der Waals surface area (Å²) in [6.07, 6.45) is 8.48. The van der Waals surface area contributed by atoms with Crippen molar-refractivity contribution in [3.05, 3.63) is 17.5 Å². The molecule has 1 unspecified atom stereocenters. The van der Waals surface area contributed by atoms with E-state index in [4.69, 9.17) is 5.10 Å². The summed E-state index contributed by atoms with van der Waals surface area (Å²) in [5.41, 5.74) is 2.43. The zero-order valence-electron chi connectivity index (χ0n) is 12.5. The van der Waals surface area contributed by atoms with Gasteiger partial charge in [-0.2, -0.15) is 5.10 Å². The SMILES string of the molecule is Cc1cn(C(C)C(=O)N(C)C)nc1C1CCCCC1.